The highest BCUT2D eigenvalue weighted by Gasteiger charge is 2.36. The maximum atomic E-state index is 2.52. The van der Waals surface area contributed by atoms with Gasteiger partial charge in [0, 0.05) is 0 Å². The van der Waals surface area contributed by atoms with Crippen LogP contribution in [0.25, 0.3) is 0 Å². The lowest BCUT2D eigenvalue weighted by Crippen LogP contribution is -2.33. The van der Waals surface area contributed by atoms with Crippen LogP contribution in [0.1, 0.15) is 96.8 Å². The zero-order valence-corrected chi connectivity index (χ0v) is 17.4. The topological polar surface area (TPSA) is 0 Å². The van der Waals surface area contributed by atoms with Gasteiger partial charge >= 0.3 is 0 Å². The van der Waals surface area contributed by atoms with Crippen LogP contribution >= 0.6 is 0 Å². The molecule has 0 radical (unpaired) electrons. The molecule has 2 aliphatic rings. The molecule has 0 amide bonds. The maximum Gasteiger partial charge on any atom is -0.0100 e. The van der Waals surface area contributed by atoms with E-state index in [9.17, 15) is 0 Å². The maximum absolute atomic E-state index is 2.52. The van der Waals surface area contributed by atoms with Gasteiger partial charge in [-0.15, -0.1) is 0 Å². The molecular formula is C25H38. The Labute approximate surface area is 156 Å². The Bertz CT molecular complexity index is 625. The second kappa shape index (κ2) is 8.39. The van der Waals surface area contributed by atoms with Crippen molar-refractivity contribution in [3.8, 4) is 0 Å². The van der Waals surface area contributed by atoms with Gasteiger partial charge in [-0.1, -0.05) is 83.5 Å². The second-order valence-electron chi connectivity index (χ2n) is 8.76. The molecule has 0 aromatic heterocycles. The number of fused-ring (bicyclic) bond motifs is 1. The first-order valence-corrected chi connectivity index (χ1v) is 10.4. The van der Waals surface area contributed by atoms with Crippen molar-refractivity contribution in [1.29, 1.82) is 0 Å². The molecule has 0 saturated heterocycles. The van der Waals surface area contributed by atoms with Crippen LogP contribution in [-0.4, -0.2) is 0 Å². The zero-order valence-electron chi connectivity index (χ0n) is 17.4. The summed E-state index contributed by atoms with van der Waals surface area (Å²) in [5.41, 5.74) is 6.90. The fraction of sp³-hybridized carbons (Fsp3) is 0.600. The van der Waals surface area contributed by atoms with E-state index < -0.39 is 0 Å². The normalized spacial score (nSPS) is 20.2. The molecule has 0 unspecified atom stereocenters. The molecule has 0 fully saturated rings. The third-order valence-electron chi connectivity index (χ3n) is 5.92. The van der Waals surface area contributed by atoms with Crippen molar-refractivity contribution in [2.45, 2.75) is 97.3 Å². The Kier molecular flexibility index (Phi) is 6.72. The summed E-state index contributed by atoms with van der Waals surface area (Å²) in [5.74, 6) is 0. The van der Waals surface area contributed by atoms with E-state index in [2.05, 4.69) is 64.1 Å². The van der Waals surface area contributed by atoms with E-state index in [0.29, 0.717) is 10.8 Å². The van der Waals surface area contributed by atoms with Crippen LogP contribution in [-0.2, 0) is 17.3 Å². The highest BCUT2D eigenvalue weighted by molar-refractivity contribution is 5.43. The quantitative estimate of drug-likeness (QED) is 0.528. The molecule has 25 heavy (non-hydrogen) atoms. The van der Waals surface area contributed by atoms with E-state index in [1.54, 1.807) is 11.1 Å². The third kappa shape index (κ3) is 4.87. The molecule has 0 bridgehead atoms. The summed E-state index contributed by atoms with van der Waals surface area (Å²) in [6.07, 6.45) is 15.8. The molecule has 0 spiro atoms. The molecule has 1 aromatic carbocycles. The summed E-state index contributed by atoms with van der Waals surface area (Å²) >= 11 is 0. The summed E-state index contributed by atoms with van der Waals surface area (Å²) in [6, 6.07) is 7.32. The van der Waals surface area contributed by atoms with Gasteiger partial charge in [-0.05, 0) is 72.5 Å². The highest BCUT2D eigenvalue weighted by Crippen LogP contribution is 2.45. The lowest BCUT2D eigenvalue weighted by atomic mass is 9.63. The van der Waals surface area contributed by atoms with Gasteiger partial charge < -0.3 is 0 Å². The minimum absolute atomic E-state index is 0.329. The Morgan fingerprint density at radius 3 is 2.16 bits per heavy atom. The summed E-state index contributed by atoms with van der Waals surface area (Å²) in [6.45, 7) is 13.6. The van der Waals surface area contributed by atoms with Gasteiger partial charge in [0.2, 0.25) is 0 Å². The van der Waals surface area contributed by atoms with Crippen LogP contribution in [0.5, 0.6) is 0 Å². The van der Waals surface area contributed by atoms with Gasteiger partial charge in [0.1, 0.15) is 0 Å². The fourth-order valence-electron chi connectivity index (χ4n) is 4.14. The van der Waals surface area contributed by atoms with Gasteiger partial charge in [0.15, 0.2) is 0 Å². The molecule has 1 aromatic rings. The van der Waals surface area contributed by atoms with Gasteiger partial charge in [0.05, 0.1) is 0 Å². The van der Waals surface area contributed by atoms with Crippen molar-refractivity contribution < 1.29 is 0 Å². The summed E-state index contributed by atoms with van der Waals surface area (Å²) in [7, 11) is 0. The van der Waals surface area contributed by atoms with Gasteiger partial charge in [-0.3, -0.25) is 0 Å². The molecule has 0 saturated carbocycles. The average molecular weight is 339 g/mol. The highest BCUT2D eigenvalue weighted by atomic mass is 14.4. The van der Waals surface area contributed by atoms with Crippen LogP contribution < -0.4 is 0 Å². The number of benzene rings is 1. The minimum Gasteiger partial charge on any atom is -0.0840 e. The molecule has 0 aliphatic heterocycles. The number of hydrogen-bond acceptors (Lipinski definition) is 0. The first-order chi connectivity index (χ1) is 11.9. The Balaban J connectivity index is 0.00000109. The monoisotopic (exact) mass is 338 g/mol. The lowest BCUT2D eigenvalue weighted by Gasteiger charge is -2.42. The zero-order chi connectivity index (χ0) is 18.5. The number of allylic oxidation sites excluding steroid dienone is 4. The molecular weight excluding hydrogens is 300 g/mol. The van der Waals surface area contributed by atoms with E-state index in [4.69, 9.17) is 0 Å². The number of aryl methyl sites for hydroxylation is 1. The molecule has 0 atom stereocenters. The van der Waals surface area contributed by atoms with Gasteiger partial charge in [-0.2, -0.15) is 0 Å². The number of rotatable bonds is 4. The van der Waals surface area contributed by atoms with E-state index in [1.807, 2.05) is 13.8 Å². The average Bonchev–Trinajstić information content (AvgIpc) is 2.62. The first kappa shape index (κ1) is 20.0. The molecule has 138 valence electrons. The van der Waals surface area contributed by atoms with Crippen LogP contribution in [0.3, 0.4) is 0 Å². The molecule has 0 heteroatoms. The summed E-state index contributed by atoms with van der Waals surface area (Å²) in [4.78, 5) is 0. The summed E-state index contributed by atoms with van der Waals surface area (Å²) in [5, 5.41) is 0. The molecule has 2 aliphatic carbocycles. The van der Waals surface area contributed by atoms with Crippen LogP contribution in [0, 0.1) is 0 Å². The van der Waals surface area contributed by atoms with Crippen molar-refractivity contribution in [3.63, 3.8) is 0 Å². The Morgan fingerprint density at radius 2 is 1.52 bits per heavy atom. The molecule has 0 N–H and O–H groups in total. The third-order valence-corrected chi connectivity index (χ3v) is 5.92. The molecule has 0 heterocycles. The lowest BCUT2D eigenvalue weighted by molar-refractivity contribution is 0.331. The summed E-state index contributed by atoms with van der Waals surface area (Å²) < 4.78 is 0. The van der Waals surface area contributed by atoms with E-state index in [0.717, 1.165) is 0 Å². The van der Waals surface area contributed by atoms with Gasteiger partial charge in [0.25, 0.3) is 0 Å². The van der Waals surface area contributed by atoms with E-state index in [-0.39, 0.29) is 0 Å². The molecule has 3 rings (SSSR count). The van der Waals surface area contributed by atoms with Crippen LogP contribution in [0.15, 0.2) is 42.0 Å². The smallest absolute Gasteiger partial charge is 0.0100 e. The van der Waals surface area contributed by atoms with E-state index in [1.165, 1.54) is 56.1 Å². The fourth-order valence-corrected chi connectivity index (χ4v) is 4.14. The van der Waals surface area contributed by atoms with Crippen molar-refractivity contribution >= 4 is 0 Å². The SMILES string of the molecule is CC.CC1(C)CCC(C)(C)c2cc(CCCC3=CCCC=C3)ccc21. The number of hydrogen-bond donors (Lipinski definition) is 0. The predicted molar refractivity (Wildman–Crippen MR) is 112 cm³/mol. The Hall–Kier alpha value is -1.30. The largest absolute Gasteiger partial charge is 0.0840 e. The Morgan fingerprint density at radius 1 is 0.840 bits per heavy atom. The standard InChI is InChI=1S/C23H32.C2H6/c1-22(2)15-16-23(3,4)21-17-19(13-14-20(21)22)12-8-11-18-9-6-5-7-10-18;1-2/h6,9-10,13-14,17H,5,7-8,11-12,15-16H2,1-4H3;1-2H3. The van der Waals surface area contributed by atoms with Crippen LogP contribution in [0.4, 0.5) is 0 Å². The van der Waals surface area contributed by atoms with Crippen molar-refractivity contribution in [1.82, 2.24) is 0 Å². The van der Waals surface area contributed by atoms with Crippen LogP contribution in [0.2, 0.25) is 0 Å². The van der Waals surface area contributed by atoms with Crippen molar-refractivity contribution in [3.05, 3.63) is 58.7 Å². The van der Waals surface area contributed by atoms with E-state index >= 15 is 0 Å². The van der Waals surface area contributed by atoms with Crippen molar-refractivity contribution in [2.24, 2.45) is 0 Å². The second-order valence-corrected chi connectivity index (χ2v) is 8.76. The van der Waals surface area contributed by atoms with Gasteiger partial charge in [-0.25, -0.2) is 0 Å². The predicted octanol–water partition coefficient (Wildman–Crippen LogP) is 7.66. The van der Waals surface area contributed by atoms with Crippen molar-refractivity contribution in [2.75, 3.05) is 0 Å². The molecule has 0 nitrogen and oxygen atoms in total. The first-order valence-electron chi connectivity index (χ1n) is 10.4. The minimum atomic E-state index is 0.329.